The first-order chi connectivity index (χ1) is 6.77. The van der Waals surface area contributed by atoms with E-state index in [4.69, 9.17) is 0 Å². The normalized spacial score (nSPS) is 12.9. The number of amides is 1. The summed E-state index contributed by atoms with van der Waals surface area (Å²) in [5.41, 5.74) is 1.86. The van der Waals surface area contributed by atoms with E-state index in [2.05, 4.69) is 24.5 Å². The SMILES string of the molecule is CCC.O=C1CNc2ccccc2N1. The standard InChI is InChI=1S/C8H8N2O.C3H8/c11-8-5-9-6-3-1-2-4-7(6)10-8;1-3-2/h1-4,9H,5H2,(H,10,11);3H2,1-2H3. The smallest absolute Gasteiger partial charge is 0.243 e. The highest BCUT2D eigenvalue weighted by Gasteiger charge is 2.11. The van der Waals surface area contributed by atoms with E-state index in [0.29, 0.717) is 6.54 Å². The lowest BCUT2D eigenvalue weighted by molar-refractivity contribution is -0.114. The molecule has 0 fully saturated rings. The zero-order valence-electron chi connectivity index (χ0n) is 8.63. The third-order valence-electron chi connectivity index (χ3n) is 1.64. The minimum atomic E-state index is 0.0173. The maximum Gasteiger partial charge on any atom is 0.243 e. The third kappa shape index (κ3) is 2.76. The van der Waals surface area contributed by atoms with Crippen LogP contribution in [0.25, 0.3) is 0 Å². The van der Waals surface area contributed by atoms with Crippen LogP contribution in [0.15, 0.2) is 24.3 Å². The molecule has 2 N–H and O–H groups in total. The van der Waals surface area contributed by atoms with Crippen LogP contribution in [0.4, 0.5) is 11.4 Å². The molecule has 3 nitrogen and oxygen atoms in total. The molecule has 1 heterocycles. The molecule has 0 radical (unpaired) electrons. The molecule has 1 aliphatic heterocycles. The zero-order valence-corrected chi connectivity index (χ0v) is 8.63. The maximum absolute atomic E-state index is 10.9. The summed E-state index contributed by atoms with van der Waals surface area (Å²) < 4.78 is 0. The quantitative estimate of drug-likeness (QED) is 0.663. The van der Waals surface area contributed by atoms with Crippen molar-refractivity contribution in [1.82, 2.24) is 0 Å². The number of para-hydroxylation sites is 2. The first kappa shape index (κ1) is 10.6. The van der Waals surface area contributed by atoms with E-state index < -0.39 is 0 Å². The van der Waals surface area contributed by atoms with E-state index in [1.54, 1.807) is 0 Å². The second-order valence-electron chi connectivity index (χ2n) is 3.15. The van der Waals surface area contributed by atoms with Gasteiger partial charge in [0.15, 0.2) is 0 Å². The average molecular weight is 192 g/mol. The summed E-state index contributed by atoms with van der Waals surface area (Å²) in [6.07, 6.45) is 1.25. The third-order valence-corrected chi connectivity index (χ3v) is 1.64. The number of hydrogen-bond acceptors (Lipinski definition) is 2. The fourth-order valence-electron chi connectivity index (χ4n) is 1.12. The minimum absolute atomic E-state index is 0.0173. The van der Waals surface area contributed by atoms with Crippen molar-refractivity contribution in [3.63, 3.8) is 0 Å². The Hall–Kier alpha value is -1.51. The van der Waals surface area contributed by atoms with Gasteiger partial charge in [-0.05, 0) is 12.1 Å². The Labute approximate surface area is 84.5 Å². The van der Waals surface area contributed by atoms with Gasteiger partial charge in [0.2, 0.25) is 5.91 Å². The Bertz CT molecular complexity index is 310. The Balaban J connectivity index is 0.000000293. The fourth-order valence-corrected chi connectivity index (χ4v) is 1.12. The average Bonchev–Trinajstić information content (AvgIpc) is 2.19. The second-order valence-corrected chi connectivity index (χ2v) is 3.15. The maximum atomic E-state index is 10.9. The van der Waals surface area contributed by atoms with Crippen LogP contribution < -0.4 is 10.6 Å². The lowest BCUT2D eigenvalue weighted by atomic mass is 10.2. The van der Waals surface area contributed by atoms with Crippen LogP contribution in [0.1, 0.15) is 20.3 Å². The van der Waals surface area contributed by atoms with Crippen LogP contribution in [-0.2, 0) is 4.79 Å². The predicted octanol–water partition coefficient (Wildman–Crippen LogP) is 2.47. The molecule has 0 saturated heterocycles. The molecule has 3 heteroatoms. The predicted molar refractivity (Wildman–Crippen MR) is 59.5 cm³/mol. The Morgan fingerprint density at radius 1 is 1.21 bits per heavy atom. The van der Waals surface area contributed by atoms with E-state index in [9.17, 15) is 4.79 Å². The van der Waals surface area contributed by atoms with Crippen molar-refractivity contribution >= 4 is 17.3 Å². The van der Waals surface area contributed by atoms with Crippen LogP contribution in [0.5, 0.6) is 0 Å². The summed E-state index contributed by atoms with van der Waals surface area (Å²) in [4.78, 5) is 10.9. The molecule has 1 aliphatic rings. The first-order valence-electron chi connectivity index (χ1n) is 4.90. The number of anilines is 2. The van der Waals surface area contributed by atoms with Gasteiger partial charge in [-0.2, -0.15) is 0 Å². The fraction of sp³-hybridized carbons (Fsp3) is 0.364. The van der Waals surface area contributed by atoms with Crippen molar-refractivity contribution in [2.75, 3.05) is 17.2 Å². The van der Waals surface area contributed by atoms with Crippen LogP contribution in [0.2, 0.25) is 0 Å². The summed E-state index contributed by atoms with van der Waals surface area (Å²) in [6.45, 7) is 4.62. The number of hydrogen-bond donors (Lipinski definition) is 2. The van der Waals surface area contributed by atoms with Crippen molar-refractivity contribution in [1.29, 1.82) is 0 Å². The van der Waals surface area contributed by atoms with Crippen molar-refractivity contribution in [2.45, 2.75) is 20.3 Å². The van der Waals surface area contributed by atoms with Gasteiger partial charge in [0.1, 0.15) is 0 Å². The van der Waals surface area contributed by atoms with Crippen LogP contribution in [-0.4, -0.2) is 12.5 Å². The zero-order chi connectivity index (χ0) is 10.4. The lowest BCUT2D eigenvalue weighted by Crippen LogP contribution is -2.27. The highest BCUT2D eigenvalue weighted by molar-refractivity contribution is 6.00. The summed E-state index contributed by atoms with van der Waals surface area (Å²) in [6, 6.07) is 7.64. The van der Waals surface area contributed by atoms with Gasteiger partial charge in [0, 0.05) is 0 Å². The topological polar surface area (TPSA) is 41.1 Å². The molecule has 0 bridgehead atoms. The molecule has 0 aromatic heterocycles. The van der Waals surface area contributed by atoms with Gasteiger partial charge in [0.25, 0.3) is 0 Å². The molecule has 1 aromatic carbocycles. The van der Waals surface area contributed by atoms with Crippen LogP contribution in [0, 0.1) is 0 Å². The first-order valence-corrected chi connectivity index (χ1v) is 4.90. The van der Waals surface area contributed by atoms with Gasteiger partial charge < -0.3 is 10.6 Å². The second kappa shape index (κ2) is 5.27. The van der Waals surface area contributed by atoms with E-state index in [-0.39, 0.29) is 5.91 Å². The molecule has 0 spiro atoms. The molecule has 1 aromatic rings. The van der Waals surface area contributed by atoms with Gasteiger partial charge in [0.05, 0.1) is 17.9 Å². The van der Waals surface area contributed by atoms with Crippen molar-refractivity contribution in [2.24, 2.45) is 0 Å². The molecule has 14 heavy (non-hydrogen) atoms. The van der Waals surface area contributed by atoms with Gasteiger partial charge in [-0.1, -0.05) is 32.4 Å². The lowest BCUT2D eigenvalue weighted by Gasteiger charge is -2.17. The summed E-state index contributed by atoms with van der Waals surface area (Å²) >= 11 is 0. The van der Waals surface area contributed by atoms with E-state index >= 15 is 0 Å². The molecule has 0 unspecified atom stereocenters. The highest BCUT2D eigenvalue weighted by Crippen LogP contribution is 2.22. The van der Waals surface area contributed by atoms with Crippen LogP contribution in [0.3, 0.4) is 0 Å². The molecular weight excluding hydrogens is 176 g/mol. The number of nitrogens with one attached hydrogen (secondary N) is 2. The van der Waals surface area contributed by atoms with Gasteiger partial charge in [-0.25, -0.2) is 0 Å². The van der Waals surface area contributed by atoms with Crippen molar-refractivity contribution in [3.05, 3.63) is 24.3 Å². The van der Waals surface area contributed by atoms with E-state index in [1.807, 2.05) is 24.3 Å². The number of rotatable bonds is 0. The summed E-state index contributed by atoms with van der Waals surface area (Å²) in [5.74, 6) is 0.0173. The molecule has 2 rings (SSSR count). The summed E-state index contributed by atoms with van der Waals surface area (Å²) in [7, 11) is 0. The number of benzene rings is 1. The molecule has 0 aliphatic carbocycles. The molecule has 0 atom stereocenters. The Morgan fingerprint density at radius 2 is 1.79 bits per heavy atom. The van der Waals surface area contributed by atoms with Gasteiger partial charge in [-0.15, -0.1) is 0 Å². The Morgan fingerprint density at radius 3 is 2.43 bits per heavy atom. The summed E-state index contributed by atoms with van der Waals surface area (Å²) in [5, 5.41) is 5.76. The highest BCUT2D eigenvalue weighted by atomic mass is 16.2. The van der Waals surface area contributed by atoms with E-state index in [1.165, 1.54) is 6.42 Å². The molecule has 1 amide bonds. The molecular formula is C11H16N2O. The van der Waals surface area contributed by atoms with Gasteiger partial charge in [-0.3, -0.25) is 4.79 Å². The van der Waals surface area contributed by atoms with E-state index in [0.717, 1.165) is 11.4 Å². The largest absolute Gasteiger partial charge is 0.374 e. The molecule has 0 saturated carbocycles. The molecule has 76 valence electrons. The number of carbonyl (C=O) groups is 1. The van der Waals surface area contributed by atoms with Gasteiger partial charge >= 0.3 is 0 Å². The Kier molecular flexibility index (Phi) is 3.98. The number of fused-ring (bicyclic) bond motifs is 1. The van der Waals surface area contributed by atoms with Crippen molar-refractivity contribution < 1.29 is 4.79 Å². The minimum Gasteiger partial charge on any atom is -0.374 e. The number of carbonyl (C=O) groups excluding carboxylic acids is 1. The van der Waals surface area contributed by atoms with Crippen LogP contribution >= 0.6 is 0 Å². The monoisotopic (exact) mass is 192 g/mol. The van der Waals surface area contributed by atoms with Crippen molar-refractivity contribution in [3.8, 4) is 0 Å².